The summed E-state index contributed by atoms with van der Waals surface area (Å²) >= 11 is 0. The number of amides is 3. The van der Waals surface area contributed by atoms with Crippen LogP contribution in [-0.2, 0) is 4.79 Å². The highest BCUT2D eigenvalue weighted by molar-refractivity contribution is 6.06. The summed E-state index contributed by atoms with van der Waals surface area (Å²) in [5.41, 5.74) is 0.720. The van der Waals surface area contributed by atoms with Crippen molar-refractivity contribution in [3.63, 3.8) is 0 Å². The summed E-state index contributed by atoms with van der Waals surface area (Å²) in [5.74, 6) is 0.354. The second-order valence-electron chi connectivity index (χ2n) is 8.14. The predicted molar refractivity (Wildman–Crippen MR) is 88.4 cm³/mol. The molecule has 0 radical (unpaired) electrons. The van der Waals surface area contributed by atoms with E-state index >= 15 is 0 Å². The lowest BCUT2D eigenvalue weighted by atomic mass is 9.76. The summed E-state index contributed by atoms with van der Waals surface area (Å²) in [6, 6.07) is -0.171. The van der Waals surface area contributed by atoms with Crippen LogP contribution in [0.3, 0.4) is 0 Å². The Morgan fingerprint density at radius 2 is 1.95 bits per heavy atom. The molecule has 0 saturated carbocycles. The quantitative estimate of drug-likeness (QED) is 0.572. The van der Waals surface area contributed by atoms with Crippen molar-refractivity contribution in [1.82, 2.24) is 9.80 Å². The van der Waals surface area contributed by atoms with Gasteiger partial charge in [0.05, 0.1) is 0 Å². The number of hydrogen-bond acceptors (Lipinski definition) is 2. The molecule has 124 valence electrons. The van der Waals surface area contributed by atoms with Gasteiger partial charge in [0.2, 0.25) is 0 Å². The first kappa shape index (κ1) is 17.0. The molecule has 22 heavy (non-hydrogen) atoms. The van der Waals surface area contributed by atoms with E-state index in [4.69, 9.17) is 0 Å². The van der Waals surface area contributed by atoms with Crippen molar-refractivity contribution in [3.05, 3.63) is 11.6 Å². The normalized spacial score (nSPS) is 23.3. The highest BCUT2D eigenvalue weighted by Crippen LogP contribution is 2.37. The van der Waals surface area contributed by atoms with Gasteiger partial charge < -0.3 is 4.90 Å². The third-order valence-electron chi connectivity index (χ3n) is 5.73. The minimum atomic E-state index is -0.732. The van der Waals surface area contributed by atoms with Crippen LogP contribution in [0.15, 0.2) is 11.6 Å². The molecule has 3 amide bonds. The van der Waals surface area contributed by atoms with Gasteiger partial charge in [-0.15, -0.1) is 0 Å². The van der Waals surface area contributed by atoms with E-state index in [-0.39, 0.29) is 17.4 Å². The first-order chi connectivity index (χ1) is 10.1. The molecule has 0 aromatic carbocycles. The Kier molecular flexibility index (Phi) is 4.42. The maximum atomic E-state index is 12.5. The Bertz CT molecular complexity index is 505. The Morgan fingerprint density at radius 1 is 1.32 bits per heavy atom. The van der Waals surface area contributed by atoms with Crippen molar-refractivity contribution in [2.75, 3.05) is 13.6 Å². The SMILES string of the molecule is C[C@H](CC1=CCCC1)C(C)(C)CN1C(=O)N(C)C(C)(C)C1=O. The maximum Gasteiger partial charge on any atom is 0.327 e. The zero-order valence-corrected chi connectivity index (χ0v) is 14.9. The topological polar surface area (TPSA) is 40.6 Å². The van der Waals surface area contributed by atoms with Crippen LogP contribution in [0, 0.1) is 11.3 Å². The fraction of sp³-hybridized carbons (Fsp3) is 0.778. The average molecular weight is 306 g/mol. The third kappa shape index (κ3) is 2.92. The molecule has 1 saturated heterocycles. The van der Waals surface area contributed by atoms with Gasteiger partial charge in [-0.25, -0.2) is 4.79 Å². The largest absolute Gasteiger partial charge is 0.327 e. The molecule has 1 aliphatic heterocycles. The van der Waals surface area contributed by atoms with Crippen LogP contribution in [0.4, 0.5) is 4.79 Å². The first-order valence-corrected chi connectivity index (χ1v) is 8.35. The van der Waals surface area contributed by atoms with Crippen LogP contribution < -0.4 is 0 Å². The number of urea groups is 1. The third-order valence-corrected chi connectivity index (χ3v) is 5.73. The smallest absolute Gasteiger partial charge is 0.313 e. The van der Waals surface area contributed by atoms with Gasteiger partial charge in [0, 0.05) is 13.6 Å². The van der Waals surface area contributed by atoms with Gasteiger partial charge in [-0.2, -0.15) is 0 Å². The van der Waals surface area contributed by atoms with E-state index in [1.165, 1.54) is 29.7 Å². The highest BCUT2D eigenvalue weighted by Gasteiger charge is 2.50. The van der Waals surface area contributed by atoms with Gasteiger partial charge in [-0.1, -0.05) is 32.4 Å². The lowest BCUT2D eigenvalue weighted by Gasteiger charge is -2.35. The Morgan fingerprint density at radius 3 is 2.41 bits per heavy atom. The van der Waals surface area contributed by atoms with Crippen molar-refractivity contribution >= 4 is 11.9 Å². The summed E-state index contributed by atoms with van der Waals surface area (Å²) in [7, 11) is 1.71. The number of allylic oxidation sites excluding steroid dienone is 2. The molecule has 0 N–H and O–H groups in total. The summed E-state index contributed by atoms with van der Waals surface area (Å²) in [6.45, 7) is 10.7. The van der Waals surface area contributed by atoms with Gasteiger partial charge >= 0.3 is 6.03 Å². The van der Waals surface area contributed by atoms with Crippen LogP contribution >= 0.6 is 0 Å². The molecule has 0 bridgehead atoms. The van der Waals surface area contributed by atoms with E-state index in [0.29, 0.717) is 12.5 Å². The number of rotatable bonds is 5. The number of nitrogens with zero attached hydrogens (tertiary/aromatic N) is 2. The maximum absolute atomic E-state index is 12.5. The van der Waals surface area contributed by atoms with Crippen molar-refractivity contribution in [1.29, 1.82) is 0 Å². The van der Waals surface area contributed by atoms with Crippen LogP contribution in [0.2, 0.25) is 0 Å². The minimum absolute atomic E-state index is 0.0830. The van der Waals surface area contributed by atoms with Crippen LogP contribution in [-0.4, -0.2) is 40.9 Å². The standard InChI is InChI=1S/C18H30N2O2/c1-13(11-14-9-7-8-10-14)17(2,3)12-20-15(21)18(4,5)19(6)16(20)22/h9,13H,7-8,10-12H2,1-6H3/t13-/m1/s1. The molecule has 2 rings (SSSR count). The molecule has 4 nitrogen and oxygen atoms in total. The summed E-state index contributed by atoms with van der Waals surface area (Å²) in [4.78, 5) is 27.9. The molecule has 1 heterocycles. The zero-order chi connectivity index (χ0) is 16.7. The molecule has 0 aromatic heterocycles. The molecule has 0 unspecified atom stereocenters. The van der Waals surface area contributed by atoms with Crippen molar-refractivity contribution in [2.45, 2.75) is 65.8 Å². The van der Waals surface area contributed by atoms with Crippen molar-refractivity contribution < 1.29 is 9.59 Å². The Labute approximate surface area is 134 Å². The van der Waals surface area contributed by atoms with Gasteiger partial charge in [0.25, 0.3) is 5.91 Å². The molecule has 0 aromatic rings. The lowest BCUT2D eigenvalue weighted by molar-refractivity contribution is -0.132. The van der Waals surface area contributed by atoms with Crippen molar-refractivity contribution in [3.8, 4) is 0 Å². The Hall–Kier alpha value is -1.32. The predicted octanol–water partition coefficient (Wildman–Crippen LogP) is 3.82. The average Bonchev–Trinajstić information content (AvgIpc) is 2.98. The number of hydrogen-bond donors (Lipinski definition) is 0. The number of carbonyl (C=O) groups is 2. The van der Waals surface area contributed by atoms with Crippen molar-refractivity contribution in [2.24, 2.45) is 11.3 Å². The van der Waals surface area contributed by atoms with E-state index < -0.39 is 5.54 Å². The van der Waals surface area contributed by atoms with Crippen LogP contribution in [0.25, 0.3) is 0 Å². The fourth-order valence-electron chi connectivity index (χ4n) is 3.28. The van der Waals surface area contributed by atoms with E-state index in [0.717, 1.165) is 6.42 Å². The number of carbonyl (C=O) groups excluding carboxylic acids is 2. The Balaban J connectivity index is 2.07. The van der Waals surface area contributed by atoms with Crippen LogP contribution in [0.1, 0.15) is 60.3 Å². The molecule has 0 spiro atoms. The second-order valence-corrected chi connectivity index (χ2v) is 8.14. The number of imide groups is 1. The molecular formula is C18H30N2O2. The molecule has 1 aliphatic carbocycles. The van der Waals surface area contributed by atoms with E-state index in [1.807, 2.05) is 13.8 Å². The van der Waals surface area contributed by atoms with Gasteiger partial charge in [-0.3, -0.25) is 9.69 Å². The van der Waals surface area contributed by atoms with E-state index in [1.54, 1.807) is 11.9 Å². The van der Waals surface area contributed by atoms with Crippen LogP contribution in [0.5, 0.6) is 0 Å². The van der Waals surface area contributed by atoms with E-state index in [2.05, 4.69) is 26.8 Å². The summed E-state index contributed by atoms with van der Waals surface area (Å²) in [6.07, 6.45) is 7.10. The van der Waals surface area contributed by atoms with E-state index in [9.17, 15) is 9.59 Å². The molecular weight excluding hydrogens is 276 g/mol. The molecule has 2 aliphatic rings. The molecule has 1 atom stereocenters. The first-order valence-electron chi connectivity index (χ1n) is 8.35. The van der Waals surface area contributed by atoms with Gasteiger partial charge in [-0.05, 0) is 50.9 Å². The second kappa shape index (κ2) is 5.71. The number of likely N-dealkylation sites (N-methyl/N-ethyl adjacent to an activating group) is 1. The minimum Gasteiger partial charge on any atom is -0.313 e. The lowest BCUT2D eigenvalue weighted by Crippen LogP contribution is -2.44. The highest BCUT2D eigenvalue weighted by atomic mass is 16.2. The molecule has 4 heteroatoms. The van der Waals surface area contributed by atoms with Gasteiger partial charge in [0.15, 0.2) is 0 Å². The molecule has 1 fully saturated rings. The summed E-state index contributed by atoms with van der Waals surface area (Å²) in [5, 5.41) is 0. The van der Waals surface area contributed by atoms with Gasteiger partial charge in [0.1, 0.15) is 5.54 Å². The zero-order valence-electron chi connectivity index (χ0n) is 14.9. The monoisotopic (exact) mass is 306 g/mol. The fourth-order valence-corrected chi connectivity index (χ4v) is 3.28. The summed E-state index contributed by atoms with van der Waals surface area (Å²) < 4.78 is 0.